The lowest BCUT2D eigenvalue weighted by molar-refractivity contribution is 0.370. The van der Waals surface area contributed by atoms with Crippen LogP contribution < -0.4 is 10.6 Å². The molecule has 0 bridgehead atoms. The fourth-order valence-corrected chi connectivity index (χ4v) is 2.21. The monoisotopic (exact) mass is 208 g/mol. The highest BCUT2D eigenvalue weighted by Gasteiger charge is 2.26. The fraction of sp³-hybridized carbons (Fsp3) is 0.727. The first-order valence-corrected chi connectivity index (χ1v) is 5.69. The molecule has 0 radical (unpaired) electrons. The van der Waals surface area contributed by atoms with Crippen molar-refractivity contribution >= 4 is 5.95 Å². The Balaban J connectivity index is 2.12. The SMILES string of the molecule is Cc1cnc(N2CC(CN)CCC2C)[nH]1. The summed E-state index contributed by atoms with van der Waals surface area (Å²) in [6.07, 6.45) is 4.34. The Morgan fingerprint density at radius 3 is 3.00 bits per heavy atom. The Morgan fingerprint density at radius 2 is 2.40 bits per heavy atom. The molecule has 15 heavy (non-hydrogen) atoms. The number of aryl methyl sites for hydroxylation is 1. The van der Waals surface area contributed by atoms with Crippen LogP contribution in [0.25, 0.3) is 0 Å². The van der Waals surface area contributed by atoms with E-state index >= 15 is 0 Å². The number of hydrogen-bond donors (Lipinski definition) is 2. The van der Waals surface area contributed by atoms with E-state index in [4.69, 9.17) is 5.73 Å². The molecule has 2 unspecified atom stereocenters. The fourth-order valence-electron chi connectivity index (χ4n) is 2.21. The molecule has 1 aromatic heterocycles. The van der Waals surface area contributed by atoms with Gasteiger partial charge in [-0.3, -0.25) is 0 Å². The van der Waals surface area contributed by atoms with Crippen molar-refractivity contribution in [2.75, 3.05) is 18.0 Å². The van der Waals surface area contributed by atoms with Gasteiger partial charge in [0.15, 0.2) is 0 Å². The number of anilines is 1. The van der Waals surface area contributed by atoms with Gasteiger partial charge >= 0.3 is 0 Å². The molecule has 3 N–H and O–H groups in total. The van der Waals surface area contributed by atoms with Crippen LogP contribution in [0.2, 0.25) is 0 Å². The summed E-state index contributed by atoms with van der Waals surface area (Å²) in [6.45, 7) is 6.10. The molecule has 1 fully saturated rings. The lowest BCUT2D eigenvalue weighted by Crippen LogP contribution is -2.44. The van der Waals surface area contributed by atoms with Crippen molar-refractivity contribution in [2.45, 2.75) is 32.7 Å². The molecule has 1 aliphatic heterocycles. The van der Waals surface area contributed by atoms with Gasteiger partial charge in [0.05, 0.1) is 0 Å². The van der Waals surface area contributed by atoms with Crippen LogP contribution in [0.3, 0.4) is 0 Å². The predicted octanol–water partition coefficient (Wildman–Crippen LogP) is 1.28. The van der Waals surface area contributed by atoms with E-state index < -0.39 is 0 Å². The summed E-state index contributed by atoms with van der Waals surface area (Å²) in [5.74, 6) is 1.62. The third kappa shape index (κ3) is 2.15. The van der Waals surface area contributed by atoms with Gasteiger partial charge in [0.25, 0.3) is 0 Å². The first-order chi connectivity index (χ1) is 7.20. The van der Waals surface area contributed by atoms with Gasteiger partial charge < -0.3 is 15.6 Å². The van der Waals surface area contributed by atoms with Crippen LogP contribution in [0.1, 0.15) is 25.5 Å². The van der Waals surface area contributed by atoms with E-state index in [1.54, 1.807) is 0 Å². The second-order valence-corrected chi connectivity index (χ2v) is 4.57. The highest BCUT2D eigenvalue weighted by molar-refractivity contribution is 5.33. The van der Waals surface area contributed by atoms with Crippen molar-refractivity contribution in [3.05, 3.63) is 11.9 Å². The minimum Gasteiger partial charge on any atom is -0.339 e. The third-order valence-corrected chi connectivity index (χ3v) is 3.27. The molecule has 0 aliphatic carbocycles. The topological polar surface area (TPSA) is 57.9 Å². The molecule has 1 aliphatic rings. The summed E-state index contributed by atoms with van der Waals surface area (Å²) >= 11 is 0. The number of hydrogen-bond acceptors (Lipinski definition) is 3. The largest absolute Gasteiger partial charge is 0.339 e. The van der Waals surface area contributed by atoms with E-state index in [0.29, 0.717) is 12.0 Å². The maximum atomic E-state index is 5.74. The maximum Gasteiger partial charge on any atom is 0.203 e. The van der Waals surface area contributed by atoms with Crippen molar-refractivity contribution in [3.63, 3.8) is 0 Å². The summed E-state index contributed by atoms with van der Waals surface area (Å²) in [5, 5.41) is 0. The standard InChI is InChI=1S/C11H20N4/c1-8-6-13-11(14-8)15-7-10(5-12)4-3-9(15)2/h6,9-10H,3-5,7,12H2,1-2H3,(H,13,14). The minimum atomic E-state index is 0.568. The van der Waals surface area contributed by atoms with Crippen molar-refractivity contribution in [1.82, 2.24) is 9.97 Å². The Hall–Kier alpha value is -1.03. The molecule has 2 atom stereocenters. The van der Waals surface area contributed by atoms with Crippen LogP contribution in [-0.4, -0.2) is 29.1 Å². The van der Waals surface area contributed by atoms with Gasteiger partial charge in [-0.15, -0.1) is 0 Å². The molecule has 2 heterocycles. The Morgan fingerprint density at radius 1 is 1.60 bits per heavy atom. The number of nitrogens with one attached hydrogen (secondary N) is 1. The molecule has 2 rings (SSSR count). The number of H-pyrrole nitrogens is 1. The zero-order valence-corrected chi connectivity index (χ0v) is 9.53. The van der Waals surface area contributed by atoms with Gasteiger partial charge in [0, 0.05) is 24.5 Å². The molecule has 0 amide bonds. The van der Waals surface area contributed by atoms with Crippen LogP contribution in [0.4, 0.5) is 5.95 Å². The predicted molar refractivity (Wildman–Crippen MR) is 61.9 cm³/mol. The molecule has 0 spiro atoms. The quantitative estimate of drug-likeness (QED) is 0.769. The molecule has 0 saturated carbocycles. The molecule has 0 aromatic carbocycles. The molecule has 84 valence electrons. The van der Waals surface area contributed by atoms with Crippen molar-refractivity contribution in [1.29, 1.82) is 0 Å². The average molecular weight is 208 g/mol. The molecule has 1 saturated heterocycles. The molecular weight excluding hydrogens is 188 g/mol. The van der Waals surface area contributed by atoms with Gasteiger partial charge in [-0.2, -0.15) is 0 Å². The zero-order valence-electron chi connectivity index (χ0n) is 9.53. The smallest absolute Gasteiger partial charge is 0.203 e. The van der Waals surface area contributed by atoms with E-state index in [1.807, 2.05) is 13.1 Å². The molecule has 4 nitrogen and oxygen atoms in total. The second-order valence-electron chi connectivity index (χ2n) is 4.57. The first-order valence-electron chi connectivity index (χ1n) is 5.69. The van der Waals surface area contributed by atoms with E-state index in [0.717, 1.165) is 24.7 Å². The number of piperidine rings is 1. The lowest BCUT2D eigenvalue weighted by Gasteiger charge is -2.37. The normalized spacial score (nSPS) is 27.0. The van der Waals surface area contributed by atoms with Gasteiger partial charge in [-0.05, 0) is 39.2 Å². The lowest BCUT2D eigenvalue weighted by atomic mass is 9.94. The van der Waals surface area contributed by atoms with Gasteiger partial charge in [-0.1, -0.05) is 0 Å². The number of aromatic amines is 1. The highest BCUT2D eigenvalue weighted by atomic mass is 15.3. The molecule has 4 heteroatoms. The van der Waals surface area contributed by atoms with Crippen LogP contribution in [-0.2, 0) is 0 Å². The summed E-state index contributed by atoms with van der Waals surface area (Å²) in [6, 6.07) is 0.568. The number of imidazole rings is 1. The minimum absolute atomic E-state index is 0.568. The van der Waals surface area contributed by atoms with Gasteiger partial charge in [0.2, 0.25) is 5.95 Å². The summed E-state index contributed by atoms with van der Waals surface area (Å²) in [4.78, 5) is 10.0. The van der Waals surface area contributed by atoms with Crippen LogP contribution >= 0.6 is 0 Å². The Bertz CT molecular complexity index is 320. The van der Waals surface area contributed by atoms with Crippen LogP contribution in [0.15, 0.2) is 6.20 Å². The summed E-state index contributed by atoms with van der Waals surface area (Å²) in [7, 11) is 0. The molecular formula is C11H20N4. The zero-order chi connectivity index (χ0) is 10.8. The number of aromatic nitrogens is 2. The van der Waals surface area contributed by atoms with Crippen molar-refractivity contribution < 1.29 is 0 Å². The van der Waals surface area contributed by atoms with Crippen LogP contribution in [0, 0.1) is 12.8 Å². The molecule has 1 aromatic rings. The van der Waals surface area contributed by atoms with E-state index in [1.165, 1.54) is 12.8 Å². The number of rotatable bonds is 2. The van der Waals surface area contributed by atoms with Crippen molar-refractivity contribution in [3.8, 4) is 0 Å². The number of nitrogens with two attached hydrogens (primary N) is 1. The van der Waals surface area contributed by atoms with E-state index in [9.17, 15) is 0 Å². The Labute approximate surface area is 90.9 Å². The van der Waals surface area contributed by atoms with E-state index in [2.05, 4.69) is 21.8 Å². The average Bonchev–Trinajstić information content (AvgIpc) is 2.65. The second kappa shape index (κ2) is 4.23. The summed E-state index contributed by atoms with van der Waals surface area (Å²) < 4.78 is 0. The van der Waals surface area contributed by atoms with Gasteiger partial charge in [-0.25, -0.2) is 4.98 Å². The number of nitrogens with zero attached hydrogens (tertiary/aromatic N) is 2. The van der Waals surface area contributed by atoms with E-state index in [-0.39, 0.29) is 0 Å². The van der Waals surface area contributed by atoms with Crippen molar-refractivity contribution in [2.24, 2.45) is 11.7 Å². The first kappa shape index (κ1) is 10.5. The third-order valence-electron chi connectivity index (χ3n) is 3.27. The van der Waals surface area contributed by atoms with Gasteiger partial charge in [0.1, 0.15) is 0 Å². The Kier molecular flexibility index (Phi) is 2.95. The maximum absolute atomic E-state index is 5.74. The van der Waals surface area contributed by atoms with Crippen LogP contribution in [0.5, 0.6) is 0 Å². The highest BCUT2D eigenvalue weighted by Crippen LogP contribution is 2.24. The summed E-state index contributed by atoms with van der Waals surface area (Å²) in [5.41, 5.74) is 6.85.